The van der Waals surface area contributed by atoms with Crippen LogP contribution in [0.2, 0.25) is 0 Å². The number of nitrogens with zero attached hydrogens (tertiary/aromatic N) is 1. The summed E-state index contributed by atoms with van der Waals surface area (Å²) in [5.41, 5.74) is 1.19. The van der Waals surface area contributed by atoms with E-state index < -0.39 is 10.8 Å². The Morgan fingerprint density at radius 1 is 1.28 bits per heavy atom. The van der Waals surface area contributed by atoms with E-state index in [0.717, 1.165) is 5.56 Å². The molecule has 130 valence electrons. The number of methoxy groups -OCH3 is 1. The van der Waals surface area contributed by atoms with Crippen molar-refractivity contribution in [2.45, 2.75) is 6.92 Å². The summed E-state index contributed by atoms with van der Waals surface area (Å²) >= 11 is 8.37. The Labute approximate surface area is 157 Å². The van der Waals surface area contributed by atoms with Crippen LogP contribution in [0.1, 0.15) is 15.9 Å². The fourth-order valence-corrected chi connectivity index (χ4v) is 2.78. The normalized spacial score (nSPS) is 10.0. The van der Waals surface area contributed by atoms with Crippen molar-refractivity contribution in [2.24, 2.45) is 0 Å². The minimum absolute atomic E-state index is 0.0381. The highest BCUT2D eigenvalue weighted by Gasteiger charge is 2.16. The molecule has 0 fully saturated rings. The topological polar surface area (TPSA) is 93.5 Å². The van der Waals surface area contributed by atoms with Crippen molar-refractivity contribution in [1.82, 2.24) is 5.32 Å². The molecule has 0 bridgehead atoms. The summed E-state index contributed by atoms with van der Waals surface area (Å²) < 4.78 is 5.73. The molecule has 0 aromatic heterocycles. The number of rotatable bonds is 4. The van der Waals surface area contributed by atoms with Gasteiger partial charge in [-0.2, -0.15) is 0 Å². The van der Waals surface area contributed by atoms with Gasteiger partial charge in [-0.05, 0) is 64.9 Å². The minimum Gasteiger partial charge on any atom is -0.496 e. The van der Waals surface area contributed by atoms with Crippen LogP contribution >= 0.6 is 28.1 Å². The summed E-state index contributed by atoms with van der Waals surface area (Å²) in [4.78, 5) is 22.8. The van der Waals surface area contributed by atoms with E-state index in [1.54, 1.807) is 31.2 Å². The number of thiocarbonyl (C=S) groups is 1. The van der Waals surface area contributed by atoms with Crippen molar-refractivity contribution in [1.29, 1.82) is 0 Å². The van der Waals surface area contributed by atoms with Gasteiger partial charge >= 0.3 is 0 Å². The van der Waals surface area contributed by atoms with E-state index in [1.807, 2.05) is 0 Å². The predicted molar refractivity (Wildman–Crippen MR) is 102 cm³/mol. The predicted octanol–water partition coefficient (Wildman–Crippen LogP) is 3.80. The lowest BCUT2D eigenvalue weighted by atomic mass is 10.2. The number of anilines is 1. The van der Waals surface area contributed by atoms with Crippen LogP contribution in [0.15, 0.2) is 40.9 Å². The number of carbonyl (C=O) groups is 1. The Hall–Kier alpha value is -2.52. The standard InChI is InChI=1S/C16H14BrN3O4S/c1-9-3-5-12(13(7-9)20(22)23)18-16(25)19-15(21)10-4-6-14(24-2)11(17)8-10/h3-8H,1-2H3,(H2,18,19,21,25). The maximum atomic E-state index is 12.2. The van der Waals surface area contributed by atoms with Crippen LogP contribution < -0.4 is 15.4 Å². The summed E-state index contributed by atoms with van der Waals surface area (Å²) in [5.74, 6) is 0.142. The zero-order chi connectivity index (χ0) is 18.6. The zero-order valence-electron chi connectivity index (χ0n) is 13.3. The number of nitrogens with one attached hydrogen (secondary N) is 2. The SMILES string of the molecule is COc1ccc(C(=O)NC(=S)Nc2ccc(C)cc2[N+](=O)[O-])cc1Br. The highest BCUT2D eigenvalue weighted by atomic mass is 79.9. The van der Waals surface area contributed by atoms with Gasteiger partial charge in [0.05, 0.1) is 16.5 Å². The molecule has 0 aliphatic rings. The number of aryl methyl sites for hydroxylation is 1. The highest BCUT2D eigenvalue weighted by Crippen LogP contribution is 2.26. The molecular weight excluding hydrogens is 410 g/mol. The van der Waals surface area contributed by atoms with E-state index in [2.05, 4.69) is 26.6 Å². The molecule has 0 saturated carbocycles. The average molecular weight is 424 g/mol. The summed E-state index contributed by atoms with van der Waals surface area (Å²) in [6, 6.07) is 9.48. The monoisotopic (exact) mass is 423 g/mol. The number of hydrogen-bond acceptors (Lipinski definition) is 5. The molecule has 0 atom stereocenters. The first-order chi connectivity index (χ1) is 11.8. The molecule has 0 heterocycles. The smallest absolute Gasteiger partial charge is 0.292 e. The van der Waals surface area contributed by atoms with E-state index in [-0.39, 0.29) is 16.5 Å². The van der Waals surface area contributed by atoms with Gasteiger partial charge in [0.1, 0.15) is 11.4 Å². The first kappa shape index (κ1) is 18.8. The lowest BCUT2D eigenvalue weighted by Crippen LogP contribution is -2.34. The number of amides is 1. The van der Waals surface area contributed by atoms with Gasteiger partial charge in [0.15, 0.2) is 5.11 Å². The molecule has 1 amide bonds. The van der Waals surface area contributed by atoms with Gasteiger partial charge in [0, 0.05) is 11.6 Å². The van der Waals surface area contributed by atoms with E-state index in [9.17, 15) is 14.9 Å². The van der Waals surface area contributed by atoms with Crippen LogP contribution in [-0.2, 0) is 0 Å². The molecule has 7 nitrogen and oxygen atoms in total. The lowest BCUT2D eigenvalue weighted by Gasteiger charge is -2.11. The lowest BCUT2D eigenvalue weighted by molar-refractivity contribution is -0.383. The van der Waals surface area contributed by atoms with Crippen molar-refractivity contribution < 1.29 is 14.5 Å². The zero-order valence-corrected chi connectivity index (χ0v) is 15.7. The van der Waals surface area contributed by atoms with Gasteiger partial charge in [-0.25, -0.2) is 0 Å². The van der Waals surface area contributed by atoms with Crippen molar-refractivity contribution >= 4 is 50.5 Å². The fourth-order valence-electron chi connectivity index (χ4n) is 2.03. The molecule has 2 rings (SSSR count). The highest BCUT2D eigenvalue weighted by molar-refractivity contribution is 9.10. The first-order valence-corrected chi connectivity index (χ1v) is 8.23. The first-order valence-electron chi connectivity index (χ1n) is 7.02. The van der Waals surface area contributed by atoms with E-state index in [0.29, 0.717) is 15.8 Å². The summed E-state index contributed by atoms with van der Waals surface area (Å²) in [7, 11) is 1.52. The van der Waals surface area contributed by atoms with Crippen molar-refractivity contribution in [3.8, 4) is 5.75 Å². The summed E-state index contributed by atoms with van der Waals surface area (Å²) in [6.45, 7) is 1.75. The molecule has 2 aromatic rings. The number of nitro benzene ring substituents is 1. The molecular formula is C16H14BrN3O4S. The van der Waals surface area contributed by atoms with Gasteiger partial charge < -0.3 is 10.1 Å². The fraction of sp³-hybridized carbons (Fsp3) is 0.125. The molecule has 0 aliphatic carbocycles. The number of nitro groups is 1. The minimum atomic E-state index is -0.514. The van der Waals surface area contributed by atoms with Crippen LogP contribution in [0.4, 0.5) is 11.4 Å². The van der Waals surface area contributed by atoms with E-state index in [4.69, 9.17) is 17.0 Å². The Morgan fingerprint density at radius 2 is 2.00 bits per heavy atom. The van der Waals surface area contributed by atoms with Crippen LogP contribution in [0.3, 0.4) is 0 Å². The molecule has 2 aromatic carbocycles. The summed E-state index contributed by atoms with van der Waals surface area (Å²) in [5, 5.41) is 16.2. The quantitative estimate of drug-likeness (QED) is 0.441. The number of hydrogen-bond donors (Lipinski definition) is 2. The summed E-state index contributed by atoms with van der Waals surface area (Å²) in [6.07, 6.45) is 0. The Balaban J connectivity index is 2.11. The van der Waals surface area contributed by atoms with Crippen LogP contribution in [0.25, 0.3) is 0 Å². The second-order valence-electron chi connectivity index (χ2n) is 5.04. The van der Waals surface area contributed by atoms with Crippen LogP contribution in [-0.4, -0.2) is 23.1 Å². The van der Waals surface area contributed by atoms with Gasteiger partial charge in [-0.15, -0.1) is 0 Å². The number of ether oxygens (including phenoxy) is 1. The third-order valence-electron chi connectivity index (χ3n) is 3.24. The second kappa shape index (κ2) is 8.04. The Morgan fingerprint density at radius 3 is 2.60 bits per heavy atom. The van der Waals surface area contributed by atoms with Crippen molar-refractivity contribution in [3.63, 3.8) is 0 Å². The third-order valence-corrected chi connectivity index (χ3v) is 4.06. The maximum Gasteiger partial charge on any atom is 0.292 e. The van der Waals surface area contributed by atoms with Crippen LogP contribution in [0.5, 0.6) is 5.75 Å². The van der Waals surface area contributed by atoms with E-state index >= 15 is 0 Å². The Kier molecular flexibility index (Phi) is 6.05. The molecule has 2 N–H and O–H groups in total. The van der Waals surface area contributed by atoms with E-state index in [1.165, 1.54) is 19.2 Å². The van der Waals surface area contributed by atoms with Gasteiger partial charge in [0.2, 0.25) is 0 Å². The second-order valence-corrected chi connectivity index (χ2v) is 6.30. The maximum absolute atomic E-state index is 12.2. The molecule has 0 saturated heterocycles. The molecule has 0 radical (unpaired) electrons. The number of halogens is 1. The van der Waals surface area contributed by atoms with Crippen molar-refractivity contribution in [3.05, 3.63) is 62.1 Å². The average Bonchev–Trinajstić information content (AvgIpc) is 2.56. The molecule has 25 heavy (non-hydrogen) atoms. The van der Waals surface area contributed by atoms with Gasteiger partial charge in [0.25, 0.3) is 11.6 Å². The molecule has 9 heteroatoms. The number of carbonyl (C=O) groups excluding carboxylic acids is 1. The molecule has 0 spiro atoms. The van der Waals surface area contributed by atoms with Crippen molar-refractivity contribution in [2.75, 3.05) is 12.4 Å². The largest absolute Gasteiger partial charge is 0.496 e. The van der Waals surface area contributed by atoms with Crippen LogP contribution in [0, 0.1) is 17.0 Å². The molecule has 0 aliphatic heterocycles. The van der Waals surface area contributed by atoms with Gasteiger partial charge in [-0.3, -0.25) is 20.2 Å². The molecule has 0 unspecified atom stereocenters. The number of benzene rings is 2. The van der Waals surface area contributed by atoms with Gasteiger partial charge in [-0.1, -0.05) is 6.07 Å². The third kappa shape index (κ3) is 4.74. The Bertz CT molecular complexity index is 857.